The zero-order valence-electron chi connectivity index (χ0n) is 19.9. The standard InChI is InChI=1S/C24H31FN6O3/c1-29(2)13-14-34-17-7-6-16(25)18-19(17)30(3)22(33)24(18)8-11-31(12-9-24)23-27-20-15(21(32)28-23)5-4-10-26-20/h6-7H,4-5,8-14H2,1-3H3,(H2,26,27,28,32). The number of likely N-dealkylation sites (N-methyl/N-ethyl adjacent to an activating group) is 2. The number of hydrogen-bond acceptors (Lipinski definition) is 7. The molecular formula is C24H31FN6O3. The highest BCUT2D eigenvalue weighted by atomic mass is 19.1. The van der Waals surface area contributed by atoms with Crippen molar-refractivity contribution in [3.05, 3.63) is 39.4 Å². The van der Waals surface area contributed by atoms with E-state index in [4.69, 9.17) is 4.74 Å². The second kappa shape index (κ2) is 8.57. The summed E-state index contributed by atoms with van der Waals surface area (Å²) in [5, 5.41) is 3.21. The van der Waals surface area contributed by atoms with Gasteiger partial charge in [-0.05, 0) is 51.9 Å². The van der Waals surface area contributed by atoms with Crippen LogP contribution in [0.1, 0.15) is 30.4 Å². The number of benzene rings is 1. The van der Waals surface area contributed by atoms with Gasteiger partial charge in [0, 0.05) is 38.8 Å². The van der Waals surface area contributed by atoms with Gasteiger partial charge in [-0.15, -0.1) is 0 Å². The molecule has 2 N–H and O–H groups in total. The molecule has 9 nitrogen and oxygen atoms in total. The van der Waals surface area contributed by atoms with Crippen LogP contribution >= 0.6 is 0 Å². The van der Waals surface area contributed by atoms with Crippen molar-refractivity contribution in [1.29, 1.82) is 0 Å². The van der Waals surface area contributed by atoms with E-state index >= 15 is 4.39 Å². The molecular weight excluding hydrogens is 439 g/mol. The molecule has 182 valence electrons. The molecule has 1 fully saturated rings. The fourth-order valence-electron chi connectivity index (χ4n) is 5.37. The molecule has 0 aliphatic carbocycles. The van der Waals surface area contributed by atoms with Crippen molar-refractivity contribution in [3.8, 4) is 5.75 Å². The lowest BCUT2D eigenvalue weighted by atomic mass is 9.73. The van der Waals surface area contributed by atoms with E-state index in [0.717, 1.165) is 13.0 Å². The van der Waals surface area contributed by atoms with Crippen LogP contribution in [-0.2, 0) is 16.6 Å². The molecule has 0 unspecified atom stereocenters. The molecule has 34 heavy (non-hydrogen) atoms. The van der Waals surface area contributed by atoms with Gasteiger partial charge >= 0.3 is 0 Å². The van der Waals surface area contributed by atoms with Crippen molar-refractivity contribution < 1.29 is 13.9 Å². The van der Waals surface area contributed by atoms with Gasteiger partial charge in [0.25, 0.3) is 5.56 Å². The van der Waals surface area contributed by atoms with E-state index in [9.17, 15) is 9.59 Å². The number of rotatable bonds is 5. The molecule has 2 aromatic rings. The van der Waals surface area contributed by atoms with Crippen LogP contribution in [0.4, 0.5) is 21.8 Å². The smallest absolute Gasteiger partial charge is 0.257 e. The van der Waals surface area contributed by atoms with Crippen LogP contribution in [0, 0.1) is 5.82 Å². The number of carbonyl (C=O) groups is 1. The third kappa shape index (κ3) is 3.60. The minimum Gasteiger partial charge on any atom is -0.490 e. The Kier molecular flexibility index (Phi) is 5.71. The maximum Gasteiger partial charge on any atom is 0.257 e. The molecule has 1 saturated heterocycles. The number of ether oxygens (including phenoxy) is 1. The van der Waals surface area contributed by atoms with E-state index in [1.807, 2.05) is 23.9 Å². The molecule has 5 rings (SSSR count). The minimum atomic E-state index is -0.946. The minimum absolute atomic E-state index is 0.113. The Morgan fingerprint density at radius 3 is 2.74 bits per heavy atom. The van der Waals surface area contributed by atoms with Gasteiger partial charge in [0.2, 0.25) is 11.9 Å². The second-order valence-corrected chi connectivity index (χ2v) is 9.60. The molecule has 0 bridgehead atoms. The number of aromatic nitrogens is 2. The van der Waals surface area contributed by atoms with Crippen molar-refractivity contribution in [2.24, 2.45) is 0 Å². The Morgan fingerprint density at radius 1 is 1.24 bits per heavy atom. The summed E-state index contributed by atoms with van der Waals surface area (Å²) in [6, 6.07) is 3.01. The second-order valence-electron chi connectivity index (χ2n) is 9.60. The third-order valence-electron chi connectivity index (χ3n) is 7.23. The number of carbonyl (C=O) groups excluding carboxylic acids is 1. The van der Waals surface area contributed by atoms with Gasteiger partial charge in [-0.1, -0.05) is 0 Å². The average Bonchev–Trinajstić information content (AvgIpc) is 3.04. The van der Waals surface area contributed by atoms with Crippen LogP contribution in [-0.4, -0.2) is 74.7 Å². The third-order valence-corrected chi connectivity index (χ3v) is 7.23. The number of aromatic amines is 1. The zero-order valence-corrected chi connectivity index (χ0v) is 19.9. The van der Waals surface area contributed by atoms with E-state index in [2.05, 4.69) is 15.3 Å². The largest absolute Gasteiger partial charge is 0.490 e. The molecule has 1 aromatic carbocycles. The molecule has 10 heteroatoms. The summed E-state index contributed by atoms with van der Waals surface area (Å²) in [5.74, 6) is 1.16. The van der Waals surface area contributed by atoms with Gasteiger partial charge in [0.1, 0.15) is 24.0 Å². The molecule has 0 radical (unpaired) electrons. The summed E-state index contributed by atoms with van der Waals surface area (Å²) in [5.41, 5.74) is 0.574. The van der Waals surface area contributed by atoms with Gasteiger partial charge in [-0.2, -0.15) is 4.98 Å². The van der Waals surface area contributed by atoms with Crippen LogP contribution in [0.5, 0.6) is 5.75 Å². The van der Waals surface area contributed by atoms with E-state index < -0.39 is 5.41 Å². The molecule has 1 amide bonds. The Labute approximate surface area is 197 Å². The molecule has 3 aliphatic rings. The summed E-state index contributed by atoms with van der Waals surface area (Å²) < 4.78 is 21.2. The van der Waals surface area contributed by atoms with Gasteiger partial charge in [-0.3, -0.25) is 14.6 Å². The predicted molar refractivity (Wildman–Crippen MR) is 129 cm³/mol. The van der Waals surface area contributed by atoms with Crippen molar-refractivity contribution in [2.75, 3.05) is 69.0 Å². The number of anilines is 3. The SMILES string of the molecule is CN(C)CCOc1ccc(F)c2c1N(C)C(=O)C21CCN(c2nc3c(c(=O)[nH]2)CCCN3)CC1. The Bertz CT molecular complexity index is 1170. The fraction of sp³-hybridized carbons (Fsp3) is 0.542. The maximum atomic E-state index is 15.2. The van der Waals surface area contributed by atoms with Gasteiger partial charge in [0.05, 0.1) is 16.7 Å². The van der Waals surface area contributed by atoms with Crippen LogP contribution in [0.3, 0.4) is 0 Å². The van der Waals surface area contributed by atoms with Crippen molar-refractivity contribution in [2.45, 2.75) is 31.1 Å². The van der Waals surface area contributed by atoms with E-state index in [1.165, 1.54) is 6.07 Å². The molecule has 4 heterocycles. The molecule has 3 aliphatic heterocycles. The lowest BCUT2D eigenvalue weighted by Gasteiger charge is -2.38. The highest BCUT2D eigenvalue weighted by molar-refractivity contribution is 6.09. The summed E-state index contributed by atoms with van der Waals surface area (Å²) in [4.78, 5) is 39.1. The normalized spacial score (nSPS) is 18.8. The predicted octanol–water partition coefficient (Wildman–Crippen LogP) is 1.72. The number of piperidine rings is 1. The van der Waals surface area contributed by atoms with Gasteiger partial charge < -0.3 is 24.8 Å². The van der Waals surface area contributed by atoms with E-state index in [-0.39, 0.29) is 17.3 Å². The van der Waals surface area contributed by atoms with E-state index in [1.54, 1.807) is 18.0 Å². The average molecular weight is 471 g/mol. The monoisotopic (exact) mass is 470 g/mol. The van der Waals surface area contributed by atoms with Gasteiger partial charge in [-0.25, -0.2) is 4.39 Å². The Hall–Kier alpha value is -3.14. The number of hydrogen-bond donors (Lipinski definition) is 2. The summed E-state index contributed by atoms with van der Waals surface area (Å²) >= 11 is 0. The van der Waals surface area contributed by atoms with Crippen LogP contribution in [0.2, 0.25) is 0 Å². The number of halogens is 1. The van der Waals surface area contributed by atoms with Crippen LogP contribution in [0.15, 0.2) is 16.9 Å². The number of nitrogens with zero attached hydrogens (tertiary/aromatic N) is 4. The van der Waals surface area contributed by atoms with Crippen LogP contribution < -0.4 is 25.4 Å². The maximum absolute atomic E-state index is 15.2. The lowest BCUT2D eigenvalue weighted by molar-refractivity contribution is -0.123. The molecule has 1 spiro atoms. The highest BCUT2D eigenvalue weighted by Gasteiger charge is 2.54. The first kappa shape index (κ1) is 22.6. The summed E-state index contributed by atoms with van der Waals surface area (Å²) in [6.07, 6.45) is 2.47. The molecule has 1 aromatic heterocycles. The Balaban J connectivity index is 1.42. The first-order valence-electron chi connectivity index (χ1n) is 11.8. The quantitative estimate of drug-likeness (QED) is 0.687. The Morgan fingerprint density at radius 2 is 2.00 bits per heavy atom. The van der Waals surface area contributed by atoms with E-state index in [0.29, 0.717) is 79.8 Å². The first-order valence-corrected chi connectivity index (χ1v) is 11.8. The van der Waals surface area contributed by atoms with Crippen molar-refractivity contribution >= 4 is 23.4 Å². The fourth-order valence-corrected chi connectivity index (χ4v) is 5.37. The lowest BCUT2D eigenvalue weighted by Crippen LogP contribution is -2.49. The van der Waals surface area contributed by atoms with Crippen molar-refractivity contribution in [1.82, 2.24) is 14.9 Å². The van der Waals surface area contributed by atoms with Crippen LogP contribution in [0.25, 0.3) is 0 Å². The highest BCUT2D eigenvalue weighted by Crippen LogP contribution is 2.52. The van der Waals surface area contributed by atoms with Crippen molar-refractivity contribution in [3.63, 3.8) is 0 Å². The molecule has 0 saturated carbocycles. The summed E-state index contributed by atoms with van der Waals surface area (Å²) in [6.45, 7) is 2.91. The topological polar surface area (TPSA) is 93.8 Å². The first-order chi connectivity index (χ1) is 16.3. The number of H-pyrrole nitrogens is 1. The number of nitrogens with one attached hydrogen (secondary N) is 2. The number of fused-ring (bicyclic) bond motifs is 3. The summed E-state index contributed by atoms with van der Waals surface area (Å²) in [7, 11) is 5.60. The molecule has 0 atom stereocenters. The van der Waals surface area contributed by atoms with Gasteiger partial charge in [0.15, 0.2) is 0 Å². The zero-order chi connectivity index (χ0) is 24.0. The number of amides is 1.